The van der Waals surface area contributed by atoms with Crippen molar-refractivity contribution >= 4 is 11.7 Å². The van der Waals surface area contributed by atoms with Crippen LogP contribution in [0, 0.1) is 0 Å². The molecule has 138 valence electrons. The van der Waals surface area contributed by atoms with Crippen LogP contribution in [0.15, 0.2) is 79.8 Å². The van der Waals surface area contributed by atoms with E-state index < -0.39 is 0 Å². The van der Waals surface area contributed by atoms with Gasteiger partial charge in [-0.25, -0.2) is 14.8 Å². The summed E-state index contributed by atoms with van der Waals surface area (Å²) in [7, 11) is 0. The number of hydrogen-bond donors (Lipinski definition) is 2. The molecular weight excluding hydrogens is 352 g/mol. The van der Waals surface area contributed by atoms with E-state index in [1.165, 1.54) is 11.1 Å². The number of rotatable bonds is 4. The van der Waals surface area contributed by atoms with Gasteiger partial charge in [0, 0.05) is 35.9 Å². The van der Waals surface area contributed by atoms with Crippen molar-refractivity contribution in [2.75, 3.05) is 11.9 Å². The number of aromatic nitrogens is 4. The maximum absolute atomic E-state index is 12.4. The topological polar surface area (TPSA) is 76.8 Å². The molecule has 2 N–H and O–H groups in total. The zero-order chi connectivity index (χ0) is 18.9. The Morgan fingerprint density at radius 2 is 1.89 bits per heavy atom. The van der Waals surface area contributed by atoms with Gasteiger partial charge in [0.25, 0.3) is 0 Å². The SMILES string of the molecule is O=C(NCC1c2ccccc2-c2cncn21)Nc1ccc(-n2ccnc2)cc1. The zero-order valence-electron chi connectivity index (χ0n) is 15.0. The van der Waals surface area contributed by atoms with E-state index in [2.05, 4.69) is 37.3 Å². The van der Waals surface area contributed by atoms with Crippen molar-refractivity contribution in [3.8, 4) is 16.9 Å². The van der Waals surface area contributed by atoms with Crippen LogP contribution in [-0.2, 0) is 0 Å². The summed E-state index contributed by atoms with van der Waals surface area (Å²) in [6, 6.07) is 15.6. The van der Waals surface area contributed by atoms with E-state index in [4.69, 9.17) is 0 Å². The molecule has 0 fully saturated rings. The predicted molar refractivity (Wildman–Crippen MR) is 106 cm³/mol. The number of urea groups is 1. The van der Waals surface area contributed by atoms with Gasteiger partial charge < -0.3 is 19.8 Å². The lowest BCUT2D eigenvalue weighted by molar-refractivity contribution is 0.251. The molecule has 3 heterocycles. The van der Waals surface area contributed by atoms with Crippen LogP contribution in [0.2, 0.25) is 0 Å². The zero-order valence-corrected chi connectivity index (χ0v) is 15.0. The van der Waals surface area contributed by atoms with Gasteiger partial charge in [0.15, 0.2) is 0 Å². The first-order valence-electron chi connectivity index (χ1n) is 9.04. The Morgan fingerprint density at radius 1 is 1.04 bits per heavy atom. The third kappa shape index (κ3) is 2.83. The van der Waals surface area contributed by atoms with Crippen molar-refractivity contribution < 1.29 is 4.79 Å². The maximum atomic E-state index is 12.4. The summed E-state index contributed by atoms with van der Waals surface area (Å²) in [6.45, 7) is 0.485. The van der Waals surface area contributed by atoms with Crippen LogP contribution in [0.3, 0.4) is 0 Å². The van der Waals surface area contributed by atoms with Gasteiger partial charge in [-0.1, -0.05) is 24.3 Å². The Hall–Kier alpha value is -3.87. The average Bonchev–Trinajstić information content (AvgIpc) is 3.45. The molecule has 1 unspecified atom stereocenters. The smallest absolute Gasteiger partial charge is 0.319 e. The highest BCUT2D eigenvalue weighted by Gasteiger charge is 2.28. The first-order valence-corrected chi connectivity index (χ1v) is 9.04. The van der Waals surface area contributed by atoms with Crippen molar-refractivity contribution in [1.82, 2.24) is 24.4 Å². The number of carbonyl (C=O) groups excluding carboxylic acids is 1. The van der Waals surface area contributed by atoms with E-state index in [1.54, 1.807) is 12.5 Å². The fourth-order valence-electron chi connectivity index (χ4n) is 3.63. The summed E-state index contributed by atoms with van der Waals surface area (Å²) in [4.78, 5) is 20.7. The molecule has 0 bridgehead atoms. The van der Waals surface area contributed by atoms with E-state index in [-0.39, 0.29) is 12.1 Å². The summed E-state index contributed by atoms with van der Waals surface area (Å²) >= 11 is 0. The average molecular weight is 370 g/mol. The molecule has 1 aliphatic heterocycles. The van der Waals surface area contributed by atoms with Gasteiger partial charge in [0.05, 0.1) is 30.6 Å². The van der Waals surface area contributed by atoms with Crippen LogP contribution in [0.4, 0.5) is 10.5 Å². The van der Waals surface area contributed by atoms with Crippen LogP contribution >= 0.6 is 0 Å². The van der Waals surface area contributed by atoms with E-state index in [1.807, 2.05) is 59.7 Å². The number of hydrogen-bond acceptors (Lipinski definition) is 3. The molecule has 0 saturated heterocycles. The van der Waals surface area contributed by atoms with Crippen LogP contribution in [0.5, 0.6) is 0 Å². The Kier molecular flexibility index (Phi) is 3.90. The molecule has 7 nitrogen and oxygen atoms in total. The Morgan fingerprint density at radius 3 is 2.71 bits per heavy atom. The van der Waals surface area contributed by atoms with Gasteiger partial charge in [0.1, 0.15) is 0 Å². The Balaban J connectivity index is 1.25. The minimum atomic E-state index is -0.235. The Labute approximate surface area is 161 Å². The van der Waals surface area contributed by atoms with Crippen molar-refractivity contribution in [2.24, 2.45) is 0 Å². The standard InChI is InChI=1S/C21H18N6O/c28-21(25-15-5-7-16(8-6-15)26-10-9-22-13-26)24-12-20-18-4-2-1-3-17(18)19-11-23-14-27(19)20/h1-11,13-14,20H,12H2,(H2,24,25,28). The summed E-state index contributed by atoms with van der Waals surface area (Å²) in [5, 5.41) is 5.85. The van der Waals surface area contributed by atoms with E-state index in [9.17, 15) is 4.79 Å². The Bertz CT molecular complexity index is 1110. The molecule has 28 heavy (non-hydrogen) atoms. The van der Waals surface area contributed by atoms with Crippen LogP contribution < -0.4 is 10.6 Å². The van der Waals surface area contributed by atoms with Gasteiger partial charge in [0.2, 0.25) is 0 Å². The highest BCUT2D eigenvalue weighted by Crippen LogP contribution is 2.38. The molecule has 0 spiro atoms. The molecule has 2 aromatic carbocycles. The van der Waals surface area contributed by atoms with Crippen LogP contribution in [-0.4, -0.2) is 31.7 Å². The molecule has 4 aromatic rings. The highest BCUT2D eigenvalue weighted by molar-refractivity contribution is 5.89. The quantitative estimate of drug-likeness (QED) is 0.578. The number of carbonyl (C=O) groups is 1. The largest absolute Gasteiger partial charge is 0.335 e. The van der Waals surface area contributed by atoms with Gasteiger partial charge >= 0.3 is 6.03 Å². The molecule has 0 radical (unpaired) electrons. The first-order chi connectivity index (χ1) is 13.8. The lowest BCUT2D eigenvalue weighted by Crippen LogP contribution is -2.33. The van der Waals surface area contributed by atoms with Gasteiger partial charge in [-0.3, -0.25) is 0 Å². The summed E-state index contributed by atoms with van der Waals surface area (Å²) in [5.41, 5.74) is 5.17. The van der Waals surface area contributed by atoms with Crippen LogP contribution in [0.1, 0.15) is 11.6 Å². The van der Waals surface area contributed by atoms with Crippen molar-refractivity contribution in [2.45, 2.75) is 6.04 Å². The number of amides is 2. The fraction of sp³-hybridized carbons (Fsp3) is 0.0952. The third-order valence-corrected chi connectivity index (χ3v) is 4.98. The number of anilines is 1. The minimum absolute atomic E-state index is 0.0445. The molecule has 2 amide bonds. The molecule has 1 atom stereocenters. The fourth-order valence-corrected chi connectivity index (χ4v) is 3.63. The van der Waals surface area contributed by atoms with E-state index in [0.29, 0.717) is 6.54 Å². The minimum Gasteiger partial charge on any atom is -0.335 e. The molecule has 2 aromatic heterocycles. The molecule has 1 aliphatic rings. The number of nitrogens with zero attached hydrogens (tertiary/aromatic N) is 4. The first kappa shape index (κ1) is 16.3. The number of nitrogens with one attached hydrogen (secondary N) is 2. The van der Waals surface area contributed by atoms with Gasteiger partial charge in [-0.2, -0.15) is 0 Å². The predicted octanol–water partition coefficient (Wildman–Crippen LogP) is 3.46. The summed E-state index contributed by atoms with van der Waals surface area (Å²) < 4.78 is 4.01. The second-order valence-corrected chi connectivity index (χ2v) is 6.64. The number of imidazole rings is 2. The molecular formula is C21H18N6O. The van der Waals surface area contributed by atoms with Crippen molar-refractivity contribution in [3.63, 3.8) is 0 Å². The second-order valence-electron chi connectivity index (χ2n) is 6.64. The monoisotopic (exact) mass is 370 g/mol. The third-order valence-electron chi connectivity index (χ3n) is 4.98. The second kappa shape index (κ2) is 6.70. The van der Waals surface area contributed by atoms with Gasteiger partial charge in [-0.15, -0.1) is 0 Å². The molecule has 0 saturated carbocycles. The number of benzene rings is 2. The van der Waals surface area contributed by atoms with Gasteiger partial charge in [-0.05, 0) is 29.8 Å². The van der Waals surface area contributed by atoms with Crippen LogP contribution in [0.25, 0.3) is 16.9 Å². The van der Waals surface area contributed by atoms with E-state index in [0.717, 1.165) is 17.1 Å². The lowest BCUT2D eigenvalue weighted by Gasteiger charge is -2.16. The molecule has 0 aliphatic carbocycles. The highest BCUT2D eigenvalue weighted by atomic mass is 16.2. The molecule has 5 rings (SSSR count). The summed E-state index contributed by atoms with van der Waals surface area (Å²) in [6.07, 6.45) is 9.01. The lowest BCUT2D eigenvalue weighted by atomic mass is 10.0. The molecule has 7 heteroatoms. The maximum Gasteiger partial charge on any atom is 0.319 e. The summed E-state index contributed by atoms with van der Waals surface area (Å²) in [5.74, 6) is 0. The number of fused-ring (bicyclic) bond motifs is 3. The normalized spacial score (nSPS) is 14.4. The van der Waals surface area contributed by atoms with Crippen molar-refractivity contribution in [1.29, 1.82) is 0 Å². The van der Waals surface area contributed by atoms with E-state index >= 15 is 0 Å². The van der Waals surface area contributed by atoms with Crippen molar-refractivity contribution in [3.05, 3.63) is 85.3 Å².